The van der Waals surface area contributed by atoms with Gasteiger partial charge in [0.1, 0.15) is 0 Å². The maximum absolute atomic E-state index is 12.4. The fourth-order valence-electron chi connectivity index (χ4n) is 3.60. The third-order valence-electron chi connectivity index (χ3n) is 5.33. The van der Waals surface area contributed by atoms with Gasteiger partial charge in [-0.25, -0.2) is 14.6 Å². The van der Waals surface area contributed by atoms with Crippen LogP contribution in [0.5, 0.6) is 0 Å². The van der Waals surface area contributed by atoms with Crippen LogP contribution in [0.25, 0.3) is 22.4 Å². The molecule has 2 N–H and O–H groups in total. The van der Waals surface area contributed by atoms with Crippen LogP contribution < -0.4 is 10.9 Å². The Labute approximate surface area is 200 Å². The maximum atomic E-state index is 12.4. The average Bonchev–Trinajstić information content (AvgIpc) is 3.51. The smallest absolute Gasteiger partial charge is 0.267 e. The van der Waals surface area contributed by atoms with Gasteiger partial charge in [0, 0.05) is 60.3 Å². The fourth-order valence-corrected chi connectivity index (χ4v) is 3.60. The van der Waals surface area contributed by atoms with Crippen LogP contribution in [0.4, 0.5) is 11.6 Å². The summed E-state index contributed by atoms with van der Waals surface area (Å²) in [6.07, 6.45) is 10.6. The van der Waals surface area contributed by atoms with Crippen molar-refractivity contribution in [3.05, 3.63) is 89.5 Å². The minimum Gasteiger partial charge on any atom is -0.394 e. The van der Waals surface area contributed by atoms with Crippen LogP contribution in [0.15, 0.2) is 78.4 Å². The first-order chi connectivity index (χ1) is 17.1. The first-order valence-corrected chi connectivity index (χ1v) is 11.0. The van der Waals surface area contributed by atoms with E-state index in [1.54, 1.807) is 46.4 Å². The van der Waals surface area contributed by atoms with Crippen molar-refractivity contribution in [1.82, 2.24) is 39.3 Å². The number of aromatic nitrogens is 8. The van der Waals surface area contributed by atoms with E-state index in [1.807, 2.05) is 37.5 Å². The van der Waals surface area contributed by atoms with Gasteiger partial charge in [-0.05, 0) is 23.8 Å². The highest BCUT2D eigenvalue weighted by atomic mass is 16.3. The summed E-state index contributed by atoms with van der Waals surface area (Å²) in [5.74, 6) is 0.465. The first kappa shape index (κ1) is 22.2. The summed E-state index contributed by atoms with van der Waals surface area (Å²) < 4.78 is 4.77. The lowest BCUT2D eigenvalue weighted by molar-refractivity contribution is 0.269. The Morgan fingerprint density at radius 2 is 1.77 bits per heavy atom. The van der Waals surface area contributed by atoms with E-state index in [1.165, 1.54) is 10.7 Å². The predicted molar refractivity (Wildman–Crippen MR) is 130 cm³/mol. The van der Waals surface area contributed by atoms with Crippen molar-refractivity contribution in [2.45, 2.75) is 13.1 Å². The molecule has 4 heterocycles. The third kappa shape index (κ3) is 5.14. The van der Waals surface area contributed by atoms with Gasteiger partial charge in [0.2, 0.25) is 5.95 Å². The molecule has 11 nitrogen and oxygen atoms in total. The molecule has 0 spiro atoms. The topological polar surface area (TPSA) is 129 Å². The fraction of sp³-hybridized carbons (Fsp3) is 0.167. The van der Waals surface area contributed by atoms with Crippen molar-refractivity contribution < 1.29 is 5.11 Å². The van der Waals surface area contributed by atoms with Crippen LogP contribution >= 0.6 is 0 Å². The Kier molecular flexibility index (Phi) is 6.14. The van der Waals surface area contributed by atoms with E-state index in [-0.39, 0.29) is 12.2 Å². The largest absolute Gasteiger partial charge is 0.394 e. The molecule has 0 amide bonds. The van der Waals surface area contributed by atoms with E-state index >= 15 is 0 Å². The molecule has 0 saturated heterocycles. The summed E-state index contributed by atoms with van der Waals surface area (Å²) in [7, 11) is 1.86. The third-order valence-corrected chi connectivity index (χ3v) is 5.33. The number of benzene rings is 1. The number of nitrogens with one attached hydrogen (secondary N) is 1. The normalized spacial score (nSPS) is 11.0. The van der Waals surface area contributed by atoms with Gasteiger partial charge in [0.15, 0.2) is 0 Å². The van der Waals surface area contributed by atoms with Crippen LogP contribution in [0, 0.1) is 0 Å². The van der Waals surface area contributed by atoms with Crippen molar-refractivity contribution >= 4 is 11.6 Å². The number of anilines is 2. The van der Waals surface area contributed by atoms with Crippen LogP contribution in [0.1, 0.15) is 5.56 Å². The molecule has 0 aliphatic carbocycles. The van der Waals surface area contributed by atoms with Gasteiger partial charge in [-0.3, -0.25) is 14.2 Å². The van der Waals surface area contributed by atoms with Gasteiger partial charge in [-0.15, -0.1) is 0 Å². The van der Waals surface area contributed by atoms with E-state index < -0.39 is 0 Å². The van der Waals surface area contributed by atoms with E-state index in [9.17, 15) is 4.79 Å². The second-order valence-electron chi connectivity index (χ2n) is 7.95. The Bertz CT molecular complexity index is 1500. The van der Waals surface area contributed by atoms with E-state index in [0.717, 1.165) is 27.9 Å². The number of nitrogens with zero attached hydrogens (tertiary/aromatic N) is 8. The number of aliphatic hydroxyl groups excluding tert-OH is 1. The lowest BCUT2D eigenvalue weighted by Gasteiger charge is -2.09. The molecule has 5 rings (SSSR count). The van der Waals surface area contributed by atoms with Crippen molar-refractivity contribution in [2.24, 2.45) is 7.05 Å². The highest BCUT2D eigenvalue weighted by Gasteiger charge is 2.08. The molecule has 11 heteroatoms. The van der Waals surface area contributed by atoms with Crippen LogP contribution in [0.2, 0.25) is 0 Å². The van der Waals surface area contributed by atoms with Crippen molar-refractivity contribution in [3.8, 4) is 22.4 Å². The molecule has 35 heavy (non-hydrogen) atoms. The lowest BCUT2D eigenvalue weighted by atomic mass is 10.2. The second kappa shape index (κ2) is 9.69. The van der Waals surface area contributed by atoms with E-state index in [2.05, 4.69) is 30.6 Å². The van der Waals surface area contributed by atoms with Crippen LogP contribution in [-0.2, 0) is 20.1 Å². The quantitative estimate of drug-likeness (QED) is 0.353. The van der Waals surface area contributed by atoms with E-state index in [4.69, 9.17) is 5.11 Å². The lowest BCUT2D eigenvalue weighted by Crippen LogP contribution is -2.22. The molecular formula is C24H23N9O2. The van der Waals surface area contributed by atoms with Gasteiger partial charge in [0.25, 0.3) is 5.56 Å². The molecule has 0 aliphatic heterocycles. The monoisotopic (exact) mass is 469 g/mol. The summed E-state index contributed by atoms with van der Waals surface area (Å²) in [6, 6.07) is 10.8. The Morgan fingerprint density at radius 3 is 2.54 bits per heavy atom. The summed E-state index contributed by atoms with van der Waals surface area (Å²) >= 11 is 0. The summed E-state index contributed by atoms with van der Waals surface area (Å²) in [5, 5.41) is 25.1. The number of aliphatic hydroxyl groups is 1. The van der Waals surface area contributed by atoms with Crippen LogP contribution in [0.3, 0.4) is 0 Å². The molecule has 0 atom stereocenters. The molecule has 0 radical (unpaired) electrons. The maximum Gasteiger partial charge on any atom is 0.267 e. The van der Waals surface area contributed by atoms with E-state index in [0.29, 0.717) is 24.7 Å². The zero-order chi connectivity index (χ0) is 24.2. The number of rotatable bonds is 8. The van der Waals surface area contributed by atoms with Gasteiger partial charge in [-0.2, -0.15) is 15.3 Å². The Morgan fingerprint density at radius 1 is 0.943 bits per heavy atom. The summed E-state index contributed by atoms with van der Waals surface area (Å²) in [4.78, 5) is 21.2. The molecule has 0 unspecified atom stereocenters. The Balaban J connectivity index is 1.31. The number of hydrogen-bond acceptors (Lipinski definition) is 8. The molecular weight excluding hydrogens is 446 g/mol. The highest BCUT2D eigenvalue weighted by Crippen LogP contribution is 2.20. The molecule has 1 aromatic carbocycles. The molecule has 0 aliphatic rings. The zero-order valence-corrected chi connectivity index (χ0v) is 19.0. The summed E-state index contributed by atoms with van der Waals surface area (Å²) in [5.41, 5.74) is 4.71. The molecule has 0 fully saturated rings. The minimum absolute atomic E-state index is 0.00187. The molecule has 4 aromatic heterocycles. The molecule has 176 valence electrons. The standard InChI is InChI=1S/C24H23N9O2/c1-31-15-19(12-27-31)18-10-25-24(26-11-18)29-21-4-2-3-17(9-21)14-33-23(35)6-5-22(30-33)20-13-28-32(16-20)7-8-34/h2-6,9-13,15-16,34H,7-8,14H2,1H3,(H,25,26,29). The van der Waals surface area contributed by atoms with Crippen LogP contribution in [-0.4, -0.2) is 51.0 Å². The second-order valence-corrected chi connectivity index (χ2v) is 7.95. The first-order valence-electron chi connectivity index (χ1n) is 11.0. The van der Waals surface area contributed by atoms with Gasteiger partial charge >= 0.3 is 0 Å². The SMILES string of the molecule is Cn1cc(-c2cnc(Nc3cccc(Cn4nc(-c5cnn(CCO)c5)ccc4=O)c3)nc2)cn1. The van der Waals surface area contributed by atoms with Crippen molar-refractivity contribution in [2.75, 3.05) is 11.9 Å². The number of aryl methyl sites for hydroxylation is 1. The Hall–Kier alpha value is -4.64. The van der Waals surface area contributed by atoms with Gasteiger partial charge < -0.3 is 10.4 Å². The summed E-state index contributed by atoms with van der Waals surface area (Å²) in [6.45, 7) is 0.696. The zero-order valence-electron chi connectivity index (χ0n) is 19.0. The number of hydrogen-bond donors (Lipinski definition) is 2. The molecule has 0 saturated carbocycles. The molecule has 0 bridgehead atoms. The minimum atomic E-state index is -0.204. The van der Waals surface area contributed by atoms with Crippen molar-refractivity contribution in [3.63, 3.8) is 0 Å². The van der Waals surface area contributed by atoms with Gasteiger partial charge in [-0.1, -0.05) is 12.1 Å². The molecule has 5 aromatic rings. The highest BCUT2D eigenvalue weighted by molar-refractivity contribution is 5.61. The predicted octanol–water partition coefficient (Wildman–Crippen LogP) is 2.08. The van der Waals surface area contributed by atoms with Gasteiger partial charge in [0.05, 0.1) is 37.8 Å². The van der Waals surface area contributed by atoms with Crippen molar-refractivity contribution in [1.29, 1.82) is 0 Å². The average molecular weight is 470 g/mol.